The fourth-order valence-electron chi connectivity index (χ4n) is 2.60. The van der Waals surface area contributed by atoms with Crippen molar-refractivity contribution in [3.8, 4) is 0 Å². The van der Waals surface area contributed by atoms with Crippen LogP contribution in [0, 0.1) is 0 Å². The predicted molar refractivity (Wildman–Crippen MR) is 81.3 cm³/mol. The van der Waals surface area contributed by atoms with E-state index in [0.717, 1.165) is 24.0 Å². The summed E-state index contributed by atoms with van der Waals surface area (Å²) in [6.07, 6.45) is 1.66. The second-order valence-corrected chi connectivity index (χ2v) is 6.67. The van der Waals surface area contributed by atoms with Crippen LogP contribution in [0.3, 0.4) is 0 Å². The van der Waals surface area contributed by atoms with Crippen LogP contribution < -0.4 is 0 Å². The van der Waals surface area contributed by atoms with E-state index in [1.807, 2.05) is 38.7 Å². The lowest BCUT2D eigenvalue weighted by molar-refractivity contribution is 0.00821. The molecule has 2 aromatic rings. The molecule has 0 bridgehead atoms. The number of likely N-dealkylation sites (tertiary alicyclic amines) is 1. The molecule has 1 aromatic carbocycles. The highest BCUT2D eigenvalue weighted by molar-refractivity contribution is 5.79. The molecule has 0 spiro atoms. The summed E-state index contributed by atoms with van der Waals surface area (Å²) in [5.74, 6) is 0.391. The average molecular weight is 287 g/mol. The molecule has 5 nitrogen and oxygen atoms in total. The largest absolute Gasteiger partial charge is 0.444 e. The molecule has 2 heterocycles. The van der Waals surface area contributed by atoms with Gasteiger partial charge in [-0.15, -0.1) is 0 Å². The first-order chi connectivity index (χ1) is 9.83. The van der Waals surface area contributed by atoms with E-state index in [9.17, 15) is 4.79 Å². The lowest BCUT2D eigenvalue weighted by Crippen LogP contribution is -2.50. The van der Waals surface area contributed by atoms with E-state index >= 15 is 0 Å². The second kappa shape index (κ2) is 4.76. The van der Waals surface area contributed by atoms with Crippen molar-refractivity contribution in [2.24, 2.45) is 7.05 Å². The molecular formula is C16H21N3O2. The topological polar surface area (TPSA) is 47.4 Å². The number of aryl methyl sites for hydroxylation is 1. The van der Waals surface area contributed by atoms with Crippen LogP contribution in [0.15, 0.2) is 24.4 Å². The minimum absolute atomic E-state index is 0.221. The lowest BCUT2D eigenvalue weighted by atomic mass is 9.91. The zero-order chi connectivity index (χ0) is 15.2. The zero-order valence-corrected chi connectivity index (χ0v) is 13.0. The maximum absolute atomic E-state index is 11.9. The summed E-state index contributed by atoms with van der Waals surface area (Å²) in [4.78, 5) is 13.7. The Kier molecular flexibility index (Phi) is 3.15. The van der Waals surface area contributed by atoms with Crippen molar-refractivity contribution in [2.45, 2.75) is 32.3 Å². The molecule has 21 heavy (non-hydrogen) atoms. The van der Waals surface area contributed by atoms with Gasteiger partial charge in [0.2, 0.25) is 0 Å². The number of carbonyl (C=O) groups is 1. The van der Waals surface area contributed by atoms with Crippen molar-refractivity contribution in [3.05, 3.63) is 30.0 Å². The molecule has 1 amide bonds. The van der Waals surface area contributed by atoms with Gasteiger partial charge in [0.1, 0.15) is 5.60 Å². The molecule has 3 rings (SSSR count). The highest BCUT2D eigenvalue weighted by atomic mass is 16.6. The van der Waals surface area contributed by atoms with Crippen molar-refractivity contribution in [3.63, 3.8) is 0 Å². The maximum Gasteiger partial charge on any atom is 0.410 e. The Labute approximate surface area is 124 Å². The number of amides is 1. The van der Waals surface area contributed by atoms with Crippen molar-refractivity contribution < 1.29 is 9.53 Å². The monoisotopic (exact) mass is 287 g/mol. The number of benzene rings is 1. The van der Waals surface area contributed by atoms with Gasteiger partial charge in [-0.25, -0.2) is 4.79 Å². The quantitative estimate of drug-likeness (QED) is 0.810. The maximum atomic E-state index is 11.9. The van der Waals surface area contributed by atoms with Gasteiger partial charge >= 0.3 is 6.09 Å². The number of hydrogen-bond acceptors (Lipinski definition) is 3. The molecule has 112 valence electrons. The molecule has 0 aliphatic carbocycles. The normalized spacial score (nSPS) is 16.1. The summed E-state index contributed by atoms with van der Waals surface area (Å²) in [7, 11) is 1.94. The number of carbonyl (C=O) groups excluding carboxylic acids is 1. The molecule has 0 N–H and O–H groups in total. The van der Waals surface area contributed by atoms with Crippen LogP contribution in [0.2, 0.25) is 0 Å². The Balaban J connectivity index is 1.66. The van der Waals surface area contributed by atoms with Crippen molar-refractivity contribution in [1.82, 2.24) is 14.7 Å². The molecule has 0 radical (unpaired) electrons. The number of nitrogens with zero attached hydrogens (tertiary/aromatic N) is 3. The summed E-state index contributed by atoms with van der Waals surface area (Å²) in [6, 6.07) is 6.38. The van der Waals surface area contributed by atoms with Crippen molar-refractivity contribution in [2.75, 3.05) is 13.1 Å². The first-order valence-electron chi connectivity index (χ1n) is 7.23. The molecule has 0 unspecified atom stereocenters. The van der Waals surface area contributed by atoms with E-state index in [1.165, 1.54) is 5.56 Å². The Hall–Kier alpha value is -2.04. The van der Waals surface area contributed by atoms with Gasteiger partial charge in [0.05, 0.1) is 11.7 Å². The number of aromatic nitrogens is 2. The van der Waals surface area contributed by atoms with Crippen LogP contribution in [0.5, 0.6) is 0 Å². The minimum Gasteiger partial charge on any atom is -0.444 e. The van der Waals surface area contributed by atoms with E-state index in [2.05, 4.69) is 23.3 Å². The molecule has 1 fully saturated rings. The Bertz CT molecular complexity index is 678. The first kappa shape index (κ1) is 13.9. The van der Waals surface area contributed by atoms with Crippen LogP contribution in [0.25, 0.3) is 10.9 Å². The van der Waals surface area contributed by atoms with E-state index in [0.29, 0.717) is 5.92 Å². The molecule has 5 heteroatoms. The zero-order valence-electron chi connectivity index (χ0n) is 13.0. The second-order valence-electron chi connectivity index (χ2n) is 6.67. The summed E-state index contributed by atoms with van der Waals surface area (Å²) in [5, 5.41) is 5.40. The van der Waals surface area contributed by atoms with Crippen LogP contribution in [-0.2, 0) is 11.8 Å². The van der Waals surface area contributed by atoms with Gasteiger partial charge in [0, 0.05) is 31.4 Å². The van der Waals surface area contributed by atoms with Crippen LogP contribution in [0.1, 0.15) is 32.3 Å². The van der Waals surface area contributed by atoms with E-state index in [4.69, 9.17) is 4.74 Å². The molecular weight excluding hydrogens is 266 g/mol. The molecule has 1 aliphatic heterocycles. The molecule has 1 saturated heterocycles. The van der Waals surface area contributed by atoms with Crippen LogP contribution >= 0.6 is 0 Å². The Morgan fingerprint density at radius 3 is 2.71 bits per heavy atom. The van der Waals surface area contributed by atoms with E-state index in [1.54, 1.807) is 4.90 Å². The Morgan fingerprint density at radius 1 is 1.33 bits per heavy atom. The number of fused-ring (bicyclic) bond motifs is 1. The molecule has 0 atom stereocenters. The first-order valence-corrected chi connectivity index (χ1v) is 7.23. The molecule has 1 aliphatic rings. The van der Waals surface area contributed by atoms with E-state index in [-0.39, 0.29) is 6.09 Å². The summed E-state index contributed by atoms with van der Waals surface area (Å²) < 4.78 is 7.24. The highest BCUT2D eigenvalue weighted by Crippen LogP contribution is 2.30. The minimum atomic E-state index is -0.434. The third-order valence-electron chi connectivity index (χ3n) is 3.77. The standard InChI is InChI=1S/C16H21N3O2/c1-16(2,3)21-15(20)19-9-13(10-19)11-5-6-14-12(7-11)8-17-18(14)4/h5-8,13H,9-10H2,1-4H3. The third kappa shape index (κ3) is 2.73. The summed E-state index contributed by atoms with van der Waals surface area (Å²) in [6.45, 7) is 7.11. The van der Waals surface area contributed by atoms with Gasteiger partial charge in [0.25, 0.3) is 0 Å². The third-order valence-corrected chi connectivity index (χ3v) is 3.77. The Morgan fingerprint density at radius 2 is 2.05 bits per heavy atom. The van der Waals surface area contributed by atoms with Gasteiger partial charge in [-0.05, 0) is 38.5 Å². The van der Waals surface area contributed by atoms with Gasteiger partial charge in [-0.1, -0.05) is 6.07 Å². The molecule has 0 saturated carbocycles. The van der Waals surface area contributed by atoms with Gasteiger partial charge in [-0.2, -0.15) is 5.10 Å². The average Bonchev–Trinajstić information content (AvgIpc) is 2.66. The van der Waals surface area contributed by atoms with Crippen molar-refractivity contribution in [1.29, 1.82) is 0 Å². The van der Waals surface area contributed by atoms with Crippen molar-refractivity contribution >= 4 is 17.0 Å². The molecule has 1 aromatic heterocycles. The fraction of sp³-hybridized carbons (Fsp3) is 0.500. The summed E-state index contributed by atoms with van der Waals surface area (Å²) in [5.41, 5.74) is 1.95. The van der Waals surface area contributed by atoms with Gasteiger partial charge in [-0.3, -0.25) is 4.68 Å². The lowest BCUT2D eigenvalue weighted by Gasteiger charge is -2.40. The van der Waals surface area contributed by atoms with Crippen LogP contribution in [-0.4, -0.2) is 39.5 Å². The number of ether oxygens (including phenoxy) is 1. The number of hydrogen-bond donors (Lipinski definition) is 0. The smallest absolute Gasteiger partial charge is 0.410 e. The highest BCUT2D eigenvalue weighted by Gasteiger charge is 2.34. The SMILES string of the molecule is Cn1ncc2cc(C3CN(C(=O)OC(C)(C)C)C3)ccc21. The summed E-state index contributed by atoms with van der Waals surface area (Å²) >= 11 is 0. The van der Waals surface area contributed by atoms with E-state index < -0.39 is 5.60 Å². The van der Waals surface area contributed by atoms with Gasteiger partial charge < -0.3 is 9.64 Å². The fourth-order valence-corrected chi connectivity index (χ4v) is 2.60. The van der Waals surface area contributed by atoms with Crippen LogP contribution in [0.4, 0.5) is 4.79 Å². The predicted octanol–water partition coefficient (Wildman–Crippen LogP) is 2.91. The number of rotatable bonds is 1. The van der Waals surface area contributed by atoms with Gasteiger partial charge in [0.15, 0.2) is 0 Å².